The monoisotopic (exact) mass is 442 g/mol. The molecule has 0 aliphatic carbocycles. The highest BCUT2D eigenvalue weighted by molar-refractivity contribution is 5.98. The number of carbonyl (C=O) groups excluding carboxylic acids is 2. The summed E-state index contributed by atoms with van der Waals surface area (Å²) in [4.78, 5) is 25.9. The van der Waals surface area contributed by atoms with Gasteiger partial charge in [-0.05, 0) is 36.1 Å². The van der Waals surface area contributed by atoms with Gasteiger partial charge in [0.1, 0.15) is 11.4 Å². The standard InChI is InChI=1S/C22H27FN6O3/c1-22(2,3)13-32-21(31)28-9-8-18(14(10-24)11-28)29-12-17(19(25)30)20(27-29)26-16-6-4-15(23)5-7-16/h4-7,12,14,18H,8-9,11,13H2,1-3H3,(H2,25,30)(H,26,27)/t14-,18+/m0/s1. The Morgan fingerprint density at radius 1 is 1.34 bits per heavy atom. The Bertz CT molecular complexity index is 1020. The second kappa shape index (κ2) is 9.26. The van der Waals surface area contributed by atoms with Gasteiger partial charge in [0, 0.05) is 25.0 Å². The van der Waals surface area contributed by atoms with Gasteiger partial charge in [-0.15, -0.1) is 0 Å². The number of piperidine rings is 1. The molecule has 1 fully saturated rings. The van der Waals surface area contributed by atoms with E-state index in [0.717, 1.165) is 0 Å². The average molecular weight is 442 g/mol. The van der Waals surface area contributed by atoms with Crippen molar-refractivity contribution in [1.82, 2.24) is 14.7 Å². The quantitative estimate of drug-likeness (QED) is 0.730. The molecule has 3 rings (SSSR count). The number of primary amides is 1. The molecule has 0 bridgehead atoms. The summed E-state index contributed by atoms with van der Waals surface area (Å²) in [6, 6.07) is 7.47. The summed E-state index contributed by atoms with van der Waals surface area (Å²) >= 11 is 0. The summed E-state index contributed by atoms with van der Waals surface area (Å²) in [7, 11) is 0. The van der Waals surface area contributed by atoms with Crippen molar-refractivity contribution in [2.75, 3.05) is 25.0 Å². The molecule has 2 amide bonds. The summed E-state index contributed by atoms with van der Waals surface area (Å²) < 4.78 is 20.1. The van der Waals surface area contributed by atoms with Crippen LogP contribution < -0.4 is 11.1 Å². The van der Waals surface area contributed by atoms with Crippen molar-refractivity contribution in [3.8, 4) is 6.07 Å². The lowest BCUT2D eigenvalue weighted by Crippen LogP contribution is -2.45. The van der Waals surface area contributed by atoms with E-state index in [4.69, 9.17) is 10.5 Å². The van der Waals surface area contributed by atoms with Crippen LogP contribution in [0.4, 0.5) is 20.7 Å². The molecule has 0 spiro atoms. The second-order valence-corrected chi connectivity index (χ2v) is 9.02. The van der Waals surface area contributed by atoms with Crippen molar-refractivity contribution in [3.05, 3.63) is 41.8 Å². The summed E-state index contributed by atoms with van der Waals surface area (Å²) in [5, 5.41) is 17.1. The first kappa shape index (κ1) is 23.1. The maximum Gasteiger partial charge on any atom is 0.409 e. The SMILES string of the molecule is CC(C)(C)COC(=O)N1CC[C@@H](n2cc(C(N)=O)c(Nc3ccc(F)cc3)n2)[C@@H](C#N)C1. The van der Waals surface area contributed by atoms with Crippen molar-refractivity contribution in [2.45, 2.75) is 33.2 Å². The zero-order valence-corrected chi connectivity index (χ0v) is 18.3. The number of hydrogen-bond acceptors (Lipinski definition) is 6. The van der Waals surface area contributed by atoms with Crippen LogP contribution in [-0.2, 0) is 4.74 Å². The molecule has 2 aromatic rings. The average Bonchev–Trinajstić information content (AvgIpc) is 3.16. The molecule has 1 aromatic carbocycles. The molecule has 2 atom stereocenters. The third kappa shape index (κ3) is 5.55. The molecule has 32 heavy (non-hydrogen) atoms. The van der Waals surface area contributed by atoms with Gasteiger partial charge in [0.2, 0.25) is 0 Å². The Morgan fingerprint density at radius 2 is 2.03 bits per heavy atom. The number of aromatic nitrogens is 2. The highest BCUT2D eigenvalue weighted by atomic mass is 19.1. The van der Waals surface area contributed by atoms with Crippen LogP contribution >= 0.6 is 0 Å². The van der Waals surface area contributed by atoms with Gasteiger partial charge in [0.05, 0.1) is 24.6 Å². The van der Waals surface area contributed by atoms with E-state index >= 15 is 0 Å². The Hall–Kier alpha value is -3.61. The van der Waals surface area contributed by atoms with Gasteiger partial charge in [-0.3, -0.25) is 9.48 Å². The van der Waals surface area contributed by atoms with E-state index in [1.165, 1.54) is 40.0 Å². The number of nitriles is 1. The predicted molar refractivity (Wildman–Crippen MR) is 116 cm³/mol. The van der Waals surface area contributed by atoms with Gasteiger partial charge in [0.25, 0.3) is 5.91 Å². The van der Waals surface area contributed by atoms with E-state index in [1.807, 2.05) is 20.8 Å². The van der Waals surface area contributed by atoms with E-state index in [1.54, 1.807) is 0 Å². The Balaban J connectivity index is 1.76. The van der Waals surface area contributed by atoms with Crippen molar-refractivity contribution < 1.29 is 18.7 Å². The third-order valence-corrected chi connectivity index (χ3v) is 5.07. The number of anilines is 2. The maximum absolute atomic E-state index is 13.2. The normalized spacial score (nSPS) is 18.7. The fraction of sp³-hybridized carbons (Fsp3) is 0.455. The Kier molecular flexibility index (Phi) is 6.67. The molecule has 170 valence electrons. The fourth-order valence-electron chi connectivity index (χ4n) is 3.42. The molecule has 9 nitrogen and oxygen atoms in total. The number of halogens is 1. The van der Waals surface area contributed by atoms with Crippen LogP contribution in [0.25, 0.3) is 0 Å². The number of benzene rings is 1. The number of ether oxygens (including phenoxy) is 1. The zero-order valence-electron chi connectivity index (χ0n) is 18.3. The number of amides is 2. The maximum atomic E-state index is 13.2. The molecule has 1 saturated heterocycles. The van der Waals surface area contributed by atoms with Gasteiger partial charge >= 0.3 is 6.09 Å². The third-order valence-electron chi connectivity index (χ3n) is 5.07. The van der Waals surface area contributed by atoms with Crippen LogP contribution in [0.3, 0.4) is 0 Å². The number of rotatable bonds is 5. The van der Waals surface area contributed by atoms with E-state index < -0.39 is 17.9 Å². The molecule has 1 aliphatic rings. The van der Waals surface area contributed by atoms with Gasteiger partial charge in [0.15, 0.2) is 5.82 Å². The molecule has 2 heterocycles. The van der Waals surface area contributed by atoms with Crippen molar-refractivity contribution in [2.24, 2.45) is 17.1 Å². The van der Waals surface area contributed by atoms with Crippen LogP contribution in [0.5, 0.6) is 0 Å². The van der Waals surface area contributed by atoms with Crippen LogP contribution in [0, 0.1) is 28.5 Å². The molecule has 1 aliphatic heterocycles. The lowest BCUT2D eigenvalue weighted by Gasteiger charge is -2.35. The summed E-state index contributed by atoms with van der Waals surface area (Å²) in [6.07, 6.45) is 1.51. The Labute approximate surface area is 185 Å². The first-order valence-corrected chi connectivity index (χ1v) is 10.3. The Morgan fingerprint density at radius 3 is 2.62 bits per heavy atom. The van der Waals surface area contributed by atoms with Gasteiger partial charge < -0.3 is 20.7 Å². The number of nitrogens with two attached hydrogens (primary N) is 1. The first-order chi connectivity index (χ1) is 15.1. The largest absolute Gasteiger partial charge is 0.449 e. The van der Waals surface area contributed by atoms with Crippen molar-refractivity contribution >= 4 is 23.5 Å². The van der Waals surface area contributed by atoms with Crippen LogP contribution in [0.1, 0.15) is 43.6 Å². The predicted octanol–water partition coefficient (Wildman–Crippen LogP) is 3.43. The highest BCUT2D eigenvalue weighted by Crippen LogP contribution is 2.30. The lowest BCUT2D eigenvalue weighted by atomic mass is 9.93. The second-order valence-electron chi connectivity index (χ2n) is 9.02. The number of nitrogens with zero attached hydrogens (tertiary/aromatic N) is 4. The number of carbonyl (C=O) groups is 2. The minimum atomic E-state index is -0.683. The number of nitrogens with one attached hydrogen (secondary N) is 1. The molecule has 0 unspecified atom stereocenters. The summed E-state index contributed by atoms with van der Waals surface area (Å²) in [5.41, 5.74) is 6.04. The smallest absolute Gasteiger partial charge is 0.409 e. The molecule has 3 N–H and O–H groups in total. The summed E-state index contributed by atoms with van der Waals surface area (Å²) in [5.74, 6) is -1.41. The minimum Gasteiger partial charge on any atom is -0.449 e. The number of hydrogen-bond donors (Lipinski definition) is 2. The van der Waals surface area contributed by atoms with Crippen molar-refractivity contribution in [3.63, 3.8) is 0 Å². The zero-order chi connectivity index (χ0) is 23.5. The summed E-state index contributed by atoms with van der Waals surface area (Å²) in [6.45, 7) is 6.76. The van der Waals surface area contributed by atoms with E-state index in [2.05, 4.69) is 16.5 Å². The van der Waals surface area contributed by atoms with E-state index in [-0.39, 0.29) is 41.8 Å². The molecule has 0 radical (unpaired) electrons. The highest BCUT2D eigenvalue weighted by Gasteiger charge is 2.35. The van der Waals surface area contributed by atoms with Gasteiger partial charge in [-0.2, -0.15) is 10.4 Å². The molecule has 1 aromatic heterocycles. The molecule has 10 heteroatoms. The fourth-order valence-corrected chi connectivity index (χ4v) is 3.42. The van der Waals surface area contributed by atoms with E-state index in [9.17, 15) is 19.2 Å². The van der Waals surface area contributed by atoms with Crippen molar-refractivity contribution in [1.29, 1.82) is 5.26 Å². The van der Waals surface area contributed by atoms with Gasteiger partial charge in [-0.25, -0.2) is 9.18 Å². The van der Waals surface area contributed by atoms with Gasteiger partial charge in [-0.1, -0.05) is 20.8 Å². The van der Waals surface area contributed by atoms with Crippen LogP contribution in [-0.4, -0.2) is 46.4 Å². The van der Waals surface area contributed by atoms with Crippen LogP contribution in [0.2, 0.25) is 0 Å². The lowest BCUT2D eigenvalue weighted by molar-refractivity contribution is 0.0553. The molecular formula is C22H27FN6O3. The molecule has 0 saturated carbocycles. The topological polar surface area (TPSA) is 126 Å². The van der Waals surface area contributed by atoms with Crippen LogP contribution in [0.15, 0.2) is 30.5 Å². The molecular weight excluding hydrogens is 415 g/mol. The first-order valence-electron chi connectivity index (χ1n) is 10.3. The minimum absolute atomic E-state index is 0.151. The number of likely N-dealkylation sites (tertiary alicyclic amines) is 1. The van der Waals surface area contributed by atoms with E-state index in [0.29, 0.717) is 18.7 Å².